The van der Waals surface area contributed by atoms with E-state index < -0.39 is 15.7 Å². The van der Waals surface area contributed by atoms with E-state index in [1.807, 2.05) is 13.8 Å². The summed E-state index contributed by atoms with van der Waals surface area (Å²) in [5.74, 6) is 0.792. The highest BCUT2D eigenvalue weighted by Crippen LogP contribution is 2.37. The van der Waals surface area contributed by atoms with E-state index in [4.69, 9.17) is 4.52 Å². The molecule has 8 heteroatoms. The van der Waals surface area contributed by atoms with Crippen molar-refractivity contribution >= 4 is 10.0 Å². The van der Waals surface area contributed by atoms with Gasteiger partial charge in [0.2, 0.25) is 10.0 Å². The van der Waals surface area contributed by atoms with Crippen LogP contribution in [0.5, 0.6) is 0 Å². The first kappa shape index (κ1) is 18.0. The summed E-state index contributed by atoms with van der Waals surface area (Å²) in [6.45, 7) is 4.20. The molecule has 2 aromatic rings. The van der Waals surface area contributed by atoms with Crippen LogP contribution in [0.2, 0.25) is 0 Å². The van der Waals surface area contributed by atoms with Gasteiger partial charge in [0.05, 0.1) is 4.90 Å². The standard InChI is InChI=1S/C17H22FN3O3S/c1-13(2)12-15-19-16(24-20-15)17(18)8-10-21(11-9-17)25(22,23)14-6-4-3-5-7-14/h3-7,13H,8-12H2,1-2H3. The van der Waals surface area contributed by atoms with Crippen LogP contribution in [0.3, 0.4) is 0 Å². The third-order valence-electron chi connectivity index (χ3n) is 4.34. The van der Waals surface area contributed by atoms with Crippen molar-refractivity contribution in [2.75, 3.05) is 13.1 Å². The summed E-state index contributed by atoms with van der Waals surface area (Å²) < 4.78 is 46.8. The zero-order valence-corrected chi connectivity index (χ0v) is 15.2. The predicted molar refractivity (Wildman–Crippen MR) is 90.1 cm³/mol. The van der Waals surface area contributed by atoms with E-state index in [0.29, 0.717) is 18.2 Å². The molecule has 1 aromatic carbocycles. The Labute approximate surface area is 147 Å². The second kappa shape index (κ2) is 6.84. The number of benzene rings is 1. The summed E-state index contributed by atoms with van der Waals surface area (Å²) in [6.07, 6.45) is 0.624. The lowest BCUT2D eigenvalue weighted by Crippen LogP contribution is -2.43. The van der Waals surface area contributed by atoms with Gasteiger partial charge < -0.3 is 4.52 Å². The molecule has 2 heterocycles. The predicted octanol–water partition coefficient (Wildman–Crippen LogP) is 2.92. The van der Waals surface area contributed by atoms with Crippen LogP contribution in [0.25, 0.3) is 0 Å². The third-order valence-corrected chi connectivity index (χ3v) is 6.25. The molecular formula is C17H22FN3O3S. The van der Waals surface area contributed by atoms with Crippen molar-refractivity contribution in [2.45, 2.75) is 43.7 Å². The first-order chi connectivity index (χ1) is 11.8. The Balaban J connectivity index is 1.71. The highest BCUT2D eigenvalue weighted by molar-refractivity contribution is 7.89. The Morgan fingerprint density at radius 1 is 1.24 bits per heavy atom. The SMILES string of the molecule is CC(C)Cc1noc(C2(F)CCN(S(=O)(=O)c3ccccc3)CC2)n1. The van der Waals surface area contributed by atoms with E-state index in [0.717, 1.165) is 0 Å². The molecule has 0 bridgehead atoms. The van der Waals surface area contributed by atoms with Crippen molar-refractivity contribution in [3.63, 3.8) is 0 Å². The van der Waals surface area contributed by atoms with Gasteiger partial charge in [0, 0.05) is 32.4 Å². The molecule has 1 aliphatic rings. The number of piperidine rings is 1. The molecule has 0 spiro atoms. The van der Waals surface area contributed by atoms with Crippen LogP contribution in [0.1, 0.15) is 38.4 Å². The van der Waals surface area contributed by atoms with Crippen molar-refractivity contribution < 1.29 is 17.3 Å². The number of nitrogens with zero attached hydrogens (tertiary/aromatic N) is 3. The molecule has 1 aromatic heterocycles. The fourth-order valence-corrected chi connectivity index (χ4v) is 4.38. The van der Waals surface area contributed by atoms with E-state index in [2.05, 4.69) is 10.1 Å². The van der Waals surface area contributed by atoms with Crippen molar-refractivity contribution in [3.8, 4) is 0 Å². The molecule has 136 valence electrons. The monoisotopic (exact) mass is 367 g/mol. The average molecular weight is 367 g/mol. The van der Waals surface area contributed by atoms with Crippen LogP contribution in [0.15, 0.2) is 39.8 Å². The zero-order valence-electron chi connectivity index (χ0n) is 14.4. The molecule has 6 nitrogen and oxygen atoms in total. The maximum Gasteiger partial charge on any atom is 0.264 e. The van der Waals surface area contributed by atoms with E-state index in [1.54, 1.807) is 30.3 Å². The average Bonchev–Trinajstić information content (AvgIpc) is 3.05. The number of alkyl halides is 1. The number of sulfonamides is 1. The zero-order chi connectivity index (χ0) is 18.1. The van der Waals surface area contributed by atoms with Gasteiger partial charge in [-0.3, -0.25) is 0 Å². The normalized spacial score (nSPS) is 18.6. The van der Waals surface area contributed by atoms with Gasteiger partial charge in [0.15, 0.2) is 11.5 Å². The number of rotatable bonds is 5. The molecule has 0 atom stereocenters. The third kappa shape index (κ3) is 3.74. The van der Waals surface area contributed by atoms with Gasteiger partial charge in [0.25, 0.3) is 5.89 Å². The summed E-state index contributed by atoms with van der Waals surface area (Å²) in [7, 11) is -3.61. The fourth-order valence-electron chi connectivity index (χ4n) is 2.92. The van der Waals surface area contributed by atoms with Crippen LogP contribution >= 0.6 is 0 Å². The number of halogens is 1. The minimum atomic E-state index is -3.61. The van der Waals surface area contributed by atoms with Crippen LogP contribution in [0.4, 0.5) is 4.39 Å². The van der Waals surface area contributed by atoms with Crippen LogP contribution in [0, 0.1) is 5.92 Å². The van der Waals surface area contributed by atoms with Crippen LogP contribution in [-0.4, -0.2) is 36.0 Å². The largest absolute Gasteiger partial charge is 0.336 e. The van der Waals surface area contributed by atoms with Gasteiger partial charge >= 0.3 is 0 Å². The van der Waals surface area contributed by atoms with Gasteiger partial charge in [-0.15, -0.1) is 0 Å². The summed E-state index contributed by atoms with van der Waals surface area (Å²) in [5.41, 5.74) is -1.77. The topological polar surface area (TPSA) is 76.3 Å². The second-order valence-corrected chi connectivity index (χ2v) is 8.73. The minimum Gasteiger partial charge on any atom is -0.336 e. The lowest BCUT2D eigenvalue weighted by molar-refractivity contribution is 0.0511. The van der Waals surface area contributed by atoms with Gasteiger partial charge in [-0.25, -0.2) is 12.8 Å². The molecule has 1 aliphatic heterocycles. The van der Waals surface area contributed by atoms with Crippen molar-refractivity contribution in [1.29, 1.82) is 0 Å². The molecule has 1 saturated heterocycles. The molecule has 0 saturated carbocycles. The maximum atomic E-state index is 15.2. The summed E-state index contributed by atoms with van der Waals surface area (Å²) in [5, 5.41) is 3.83. The summed E-state index contributed by atoms with van der Waals surface area (Å²) >= 11 is 0. The molecule has 0 unspecified atom stereocenters. The molecule has 1 fully saturated rings. The quantitative estimate of drug-likeness (QED) is 0.812. The molecule has 3 rings (SSSR count). The molecule has 0 amide bonds. The smallest absolute Gasteiger partial charge is 0.264 e. The van der Waals surface area contributed by atoms with Gasteiger partial charge in [0.1, 0.15) is 0 Å². The summed E-state index contributed by atoms with van der Waals surface area (Å²) in [4.78, 5) is 4.39. The van der Waals surface area contributed by atoms with Crippen molar-refractivity contribution in [3.05, 3.63) is 42.0 Å². The van der Waals surface area contributed by atoms with Gasteiger partial charge in [-0.2, -0.15) is 9.29 Å². The van der Waals surface area contributed by atoms with Crippen LogP contribution < -0.4 is 0 Å². The van der Waals surface area contributed by atoms with E-state index in [1.165, 1.54) is 4.31 Å². The Hall–Kier alpha value is -1.80. The first-order valence-electron chi connectivity index (χ1n) is 8.38. The molecule has 25 heavy (non-hydrogen) atoms. The Kier molecular flexibility index (Phi) is 4.92. The van der Waals surface area contributed by atoms with E-state index in [-0.39, 0.29) is 36.7 Å². The lowest BCUT2D eigenvalue weighted by atomic mass is 9.94. The van der Waals surface area contributed by atoms with Crippen molar-refractivity contribution in [1.82, 2.24) is 14.4 Å². The molecule has 0 radical (unpaired) electrons. The van der Waals surface area contributed by atoms with Gasteiger partial charge in [-0.1, -0.05) is 37.2 Å². The van der Waals surface area contributed by atoms with E-state index in [9.17, 15) is 8.42 Å². The fraction of sp³-hybridized carbons (Fsp3) is 0.529. The summed E-state index contributed by atoms with van der Waals surface area (Å²) in [6, 6.07) is 8.19. The van der Waals surface area contributed by atoms with Gasteiger partial charge in [-0.05, 0) is 18.1 Å². The lowest BCUT2D eigenvalue weighted by Gasteiger charge is -2.33. The number of aromatic nitrogens is 2. The Morgan fingerprint density at radius 3 is 2.48 bits per heavy atom. The maximum absolute atomic E-state index is 15.2. The number of hydrogen-bond acceptors (Lipinski definition) is 5. The Morgan fingerprint density at radius 2 is 1.88 bits per heavy atom. The van der Waals surface area contributed by atoms with Crippen LogP contribution in [-0.2, 0) is 22.1 Å². The minimum absolute atomic E-state index is 0.00236. The molecule has 0 N–H and O–H groups in total. The molecule has 0 aliphatic carbocycles. The highest BCUT2D eigenvalue weighted by atomic mass is 32.2. The first-order valence-corrected chi connectivity index (χ1v) is 9.82. The van der Waals surface area contributed by atoms with E-state index >= 15 is 4.39 Å². The molecular weight excluding hydrogens is 345 g/mol. The van der Waals surface area contributed by atoms with Crippen molar-refractivity contribution in [2.24, 2.45) is 5.92 Å². The highest BCUT2D eigenvalue weighted by Gasteiger charge is 2.44. The Bertz CT molecular complexity index is 813. The number of hydrogen-bond donors (Lipinski definition) is 0. The second-order valence-electron chi connectivity index (χ2n) is 6.80.